The van der Waals surface area contributed by atoms with Gasteiger partial charge in [-0.1, -0.05) is 18.0 Å². The molecular formula is C17H17ClN4O3. The van der Waals surface area contributed by atoms with Crippen LogP contribution in [-0.4, -0.2) is 29.2 Å². The van der Waals surface area contributed by atoms with Crippen LogP contribution in [0, 0.1) is 5.92 Å². The monoisotopic (exact) mass is 360 g/mol. The van der Waals surface area contributed by atoms with Gasteiger partial charge in [0, 0.05) is 5.92 Å². The molecule has 0 aliphatic heterocycles. The Bertz CT molecular complexity index is 791. The smallest absolute Gasteiger partial charge is 0.337 e. The number of nitrogens with zero attached hydrogens (tertiary/aromatic N) is 2. The molecule has 8 heteroatoms. The number of hydrogen-bond acceptors (Lipinski definition) is 6. The molecule has 1 aromatic heterocycles. The number of nitrogens with one attached hydrogen (secondary N) is 2. The molecule has 0 bridgehead atoms. The third-order valence-electron chi connectivity index (χ3n) is 4.04. The van der Waals surface area contributed by atoms with Crippen molar-refractivity contribution in [2.75, 3.05) is 17.7 Å². The number of halogens is 1. The van der Waals surface area contributed by atoms with Crippen molar-refractivity contribution >= 4 is 40.8 Å². The number of ether oxygens (including phenoxy) is 1. The molecule has 1 aliphatic rings. The van der Waals surface area contributed by atoms with E-state index in [4.69, 9.17) is 11.6 Å². The molecule has 1 aromatic carbocycles. The average molecular weight is 361 g/mol. The zero-order valence-corrected chi connectivity index (χ0v) is 14.3. The van der Waals surface area contributed by atoms with Crippen molar-refractivity contribution in [1.29, 1.82) is 0 Å². The van der Waals surface area contributed by atoms with Crippen LogP contribution in [0.15, 0.2) is 30.3 Å². The summed E-state index contributed by atoms with van der Waals surface area (Å²) >= 11 is 6.13. The zero-order chi connectivity index (χ0) is 17.8. The van der Waals surface area contributed by atoms with E-state index in [1.165, 1.54) is 7.11 Å². The van der Waals surface area contributed by atoms with Crippen LogP contribution in [0.2, 0.25) is 5.02 Å². The molecule has 3 rings (SSSR count). The second-order valence-electron chi connectivity index (χ2n) is 5.73. The zero-order valence-electron chi connectivity index (χ0n) is 13.6. The minimum atomic E-state index is -0.458. The van der Waals surface area contributed by atoms with E-state index in [0.29, 0.717) is 27.9 Å². The van der Waals surface area contributed by atoms with E-state index in [0.717, 1.165) is 19.3 Å². The van der Waals surface area contributed by atoms with Crippen molar-refractivity contribution in [3.05, 3.63) is 40.9 Å². The van der Waals surface area contributed by atoms with Gasteiger partial charge < -0.3 is 15.4 Å². The lowest BCUT2D eigenvalue weighted by atomic mass is 9.85. The number of methoxy groups -OCH3 is 1. The Morgan fingerprint density at radius 3 is 2.48 bits per heavy atom. The SMILES string of the molecule is COC(=O)c1ccc(Cl)c(Nc2ccc(NC(=O)C3CCC3)nn2)c1. The predicted molar refractivity (Wildman–Crippen MR) is 94.1 cm³/mol. The number of rotatable bonds is 5. The fourth-order valence-corrected chi connectivity index (χ4v) is 2.53. The summed E-state index contributed by atoms with van der Waals surface area (Å²) in [6, 6.07) is 8.07. The van der Waals surface area contributed by atoms with Gasteiger partial charge in [0.05, 0.1) is 23.4 Å². The van der Waals surface area contributed by atoms with Gasteiger partial charge in [-0.15, -0.1) is 10.2 Å². The lowest BCUT2D eigenvalue weighted by Crippen LogP contribution is -2.28. The summed E-state index contributed by atoms with van der Waals surface area (Å²) in [5, 5.41) is 14.2. The number of aromatic nitrogens is 2. The molecule has 2 aromatic rings. The van der Waals surface area contributed by atoms with Gasteiger partial charge in [0.15, 0.2) is 11.6 Å². The van der Waals surface area contributed by atoms with Crippen LogP contribution in [0.4, 0.5) is 17.3 Å². The molecule has 1 saturated carbocycles. The van der Waals surface area contributed by atoms with Gasteiger partial charge in [-0.3, -0.25) is 4.79 Å². The van der Waals surface area contributed by atoms with Gasteiger partial charge in [-0.25, -0.2) is 4.79 Å². The van der Waals surface area contributed by atoms with Gasteiger partial charge in [0.25, 0.3) is 0 Å². The fourth-order valence-electron chi connectivity index (χ4n) is 2.37. The van der Waals surface area contributed by atoms with E-state index >= 15 is 0 Å². The van der Waals surface area contributed by atoms with Crippen molar-refractivity contribution in [2.24, 2.45) is 5.92 Å². The fraction of sp³-hybridized carbons (Fsp3) is 0.294. The van der Waals surface area contributed by atoms with E-state index in [1.54, 1.807) is 30.3 Å². The Morgan fingerprint density at radius 1 is 1.16 bits per heavy atom. The van der Waals surface area contributed by atoms with Crippen molar-refractivity contribution in [1.82, 2.24) is 10.2 Å². The minimum Gasteiger partial charge on any atom is -0.465 e. The third kappa shape index (κ3) is 4.06. The molecule has 1 heterocycles. The first-order chi connectivity index (χ1) is 12.1. The van der Waals surface area contributed by atoms with E-state index in [2.05, 4.69) is 25.6 Å². The van der Waals surface area contributed by atoms with Crippen molar-refractivity contribution in [3.8, 4) is 0 Å². The number of hydrogen-bond donors (Lipinski definition) is 2. The van der Waals surface area contributed by atoms with E-state index in [9.17, 15) is 9.59 Å². The Kier molecular flexibility index (Phi) is 5.14. The molecule has 0 unspecified atom stereocenters. The van der Waals surface area contributed by atoms with Crippen LogP contribution in [0.25, 0.3) is 0 Å². The second-order valence-corrected chi connectivity index (χ2v) is 6.14. The quantitative estimate of drug-likeness (QED) is 0.794. The van der Waals surface area contributed by atoms with Crippen molar-refractivity contribution in [2.45, 2.75) is 19.3 Å². The predicted octanol–water partition coefficient (Wildman–Crippen LogP) is 3.40. The number of anilines is 3. The van der Waals surface area contributed by atoms with E-state index < -0.39 is 5.97 Å². The standard InChI is InChI=1S/C17H17ClN4O3/c1-25-17(24)11-5-6-12(18)13(9-11)19-14-7-8-15(22-21-14)20-16(23)10-3-2-4-10/h5-10H,2-4H2,1H3,(H,19,21)(H,20,22,23). The number of esters is 1. The van der Waals surface area contributed by atoms with Crippen LogP contribution in [-0.2, 0) is 9.53 Å². The second kappa shape index (κ2) is 7.48. The van der Waals surface area contributed by atoms with Crippen LogP contribution < -0.4 is 10.6 Å². The summed E-state index contributed by atoms with van der Waals surface area (Å²) < 4.78 is 4.69. The third-order valence-corrected chi connectivity index (χ3v) is 4.37. The molecule has 7 nitrogen and oxygen atoms in total. The Labute approximate surface area is 149 Å². The normalized spacial score (nSPS) is 13.7. The maximum atomic E-state index is 11.9. The van der Waals surface area contributed by atoms with E-state index in [-0.39, 0.29) is 11.8 Å². The van der Waals surface area contributed by atoms with Gasteiger partial charge in [-0.05, 0) is 43.2 Å². The van der Waals surface area contributed by atoms with Gasteiger partial charge in [0.2, 0.25) is 5.91 Å². The highest BCUT2D eigenvalue weighted by atomic mass is 35.5. The van der Waals surface area contributed by atoms with Crippen LogP contribution in [0.5, 0.6) is 0 Å². The van der Waals surface area contributed by atoms with Gasteiger partial charge in [0.1, 0.15) is 0 Å². The van der Waals surface area contributed by atoms with Crippen LogP contribution in [0.1, 0.15) is 29.6 Å². The first-order valence-corrected chi connectivity index (χ1v) is 8.24. The average Bonchev–Trinajstić information content (AvgIpc) is 2.56. The highest BCUT2D eigenvalue weighted by Crippen LogP contribution is 2.28. The van der Waals surface area contributed by atoms with Gasteiger partial charge >= 0.3 is 5.97 Å². The summed E-state index contributed by atoms with van der Waals surface area (Å²) in [5.41, 5.74) is 0.872. The summed E-state index contributed by atoms with van der Waals surface area (Å²) in [4.78, 5) is 23.5. The molecule has 1 aliphatic carbocycles. The highest BCUT2D eigenvalue weighted by Gasteiger charge is 2.25. The molecule has 1 amide bonds. The van der Waals surface area contributed by atoms with Crippen molar-refractivity contribution in [3.63, 3.8) is 0 Å². The Balaban J connectivity index is 1.68. The topological polar surface area (TPSA) is 93.2 Å². The maximum absolute atomic E-state index is 11.9. The number of carbonyl (C=O) groups is 2. The van der Waals surface area contributed by atoms with Crippen molar-refractivity contribution < 1.29 is 14.3 Å². The lowest BCUT2D eigenvalue weighted by molar-refractivity contribution is -0.122. The summed E-state index contributed by atoms with van der Waals surface area (Å²) in [6.45, 7) is 0. The summed E-state index contributed by atoms with van der Waals surface area (Å²) in [7, 11) is 1.31. The highest BCUT2D eigenvalue weighted by molar-refractivity contribution is 6.33. The first kappa shape index (κ1) is 17.2. The Hall–Kier alpha value is -2.67. The van der Waals surface area contributed by atoms with Crippen LogP contribution in [0.3, 0.4) is 0 Å². The maximum Gasteiger partial charge on any atom is 0.337 e. The molecule has 0 saturated heterocycles. The Morgan fingerprint density at radius 2 is 1.88 bits per heavy atom. The van der Waals surface area contributed by atoms with Gasteiger partial charge in [-0.2, -0.15) is 0 Å². The molecule has 0 spiro atoms. The lowest BCUT2D eigenvalue weighted by Gasteiger charge is -2.23. The summed E-state index contributed by atoms with van der Waals surface area (Å²) in [6.07, 6.45) is 2.94. The molecule has 0 radical (unpaired) electrons. The number of amides is 1. The summed E-state index contributed by atoms with van der Waals surface area (Å²) in [5.74, 6) is 0.442. The largest absolute Gasteiger partial charge is 0.465 e. The first-order valence-electron chi connectivity index (χ1n) is 7.86. The van der Waals surface area contributed by atoms with E-state index in [1.807, 2.05) is 0 Å². The number of carbonyl (C=O) groups excluding carboxylic acids is 2. The molecule has 25 heavy (non-hydrogen) atoms. The molecule has 1 fully saturated rings. The number of benzene rings is 1. The van der Waals surface area contributed by atoms with Crippen LogP contribution >= 0.6 is 11.6 Å². The molecule has 130 valence electrons. The molecule has 2 N–H and O–H groups in total. The molecule has 0 atom stereocenters. The minimum absolute atomic E-state index is 0.0184. The molecular weight excluding hydrogens is 344 g/mol.